The molecule has 1 N–H and O–H groups in total. The van der Waals surface area contributed by atoms with Crippen LogP contribution in [0.25, 0.3) is 5.57 Å². The third kappa shape index (κ3) is 5.57. The van der Waals surface area contributed by atoms with Crippen molar-refractivity contribution in [1.82, 2.24) is 10.3 Å². The van der Waals surface area contributed by atoms with Crippen LogP contribution in [0.15, 0.2) is 61.4 Å². The molecule has 2 rings (SSSR count). The number of esters is 1. The van der Waals surface area contributed by atoms with Crippen molar-refractivity contribution in [3.05, 3.63) is 72.6 Å². The number of hydrogen-bond donors (Lipinski definition) is 1. The Labute approximate surface area is 147 Å². The van der Waals surface area contributed by atoms with E-state index in [-0.39, 0.29) is 6.10 Å². The molecule has 1 atom stereocenters. The number of carbonyl (C=O) groups excluding carboxylic acids is 2. The normalized spacial score (nSPS) is 11.6. The average Bonchev–Trinajstić information content (AvgIpc) is 2.61. The Hall–Kier alpha value is -2.95. The van der Waals surface area contributed by atoms with Crippen LogP contribution in [-0.2, 0) is 20.7 Å². The van der Waals surface area contributed by atoms with E-state index in [9.17, 15) is 9.59 Å². The Morgan fingerprint density at radius 2 is 1.76 bits per heavy atom. The molecule has 0 saturated carbocycles. The van der Waals surface area contributed by atoms with Gasteiger partial charge in [-0.3, -0.25) is 9.78 Å². The minimum absolute atomic E-state index is 0.262. The maximum atomic E-state index is 12.5. The second kappa shape index (κ2) is 8.78. The zero-order chi connectivity index (χ0) is 18.2. The first kappa shape index (κ1) is 18.4. The van der Waals surface area contributed by atoms with E-state index in [1.54, 1.807) is 50.5 Å². The number of nitrogens with zero attached hydrogens (tertiary/aromatic N) is 1. The van der Waals surface area contributed by atoms with Gasteiger partial charge < -0.3 is 10.1 Å². The summed E-state index contributed by atoms with van der Waals surface area (Å²) in [6.45, 7) is 7.37. The maximum Gasteiger partial charge on any atom is 0.329 e. The fraction of sp³-hybridized carbons (Fsp3) is 0.250. The monoisotopic (exact) mass is 338 g/mol. The highest BCUT2D eigenvalue weighted by Crippen LogP contribution is 2.13. The van der Waals surface area contributed by atoms with Gasteiger partial charge in [-0.05, 0) is 37.1 Å². The Morgan fingerprint density at radius 3 is 2.36 bits per heavy atom. The lowest BCUT2D eigenvalue weighted by molar-refractivity contribution is -0.151. The van der Waals surface area contributed by atoms with Crippen LogP contribution in [0.1, 0.15) is 25.0 Å². The molecule has 0 spiro atoms. The molecule has 0 aliphatic carbocycles. The lowest BCUT2D eigenvalue weighted by atomic mass is 10.0. The van der Waals surface area contributed by atoms with E-state index in [0.29, 0.717) is 17.6 Å². The van der Waals surface area contributed by atoms with E-state index < -0.39 is 17.9 Å². The van der Waals surface area contributed by atoms with Gasteiger partial charge in [0.15, 0.2) is 0 Å². The van der Waals surface area contributed by atoms with Crippen LogP contribution < -0.4 is 5.32 Å². The zero-order valence-corrected chi connectivity index (χ0v) is 14.4. The molecule has 5 heteroatoms. The third-order valence-corrected chi connectivity index (χ3v) is 3.53. The summed E-state index contributed by atoms with van der Waals surface area (Å²) in [7, 11) is 0. The molecule has 25 heavy (non-hydrogen) atoms. The van der Waals surface area contributed by atoms with Crippen LogP contribution in [0.4, 0.5) is 0 Å². The first-order chi connectivity index (χ1) is 12.0. The first-order valence-corrected chi connectivity index (χ1v) is 8.12. The van der Waals surface area contributed by atoms with E-state index in [2.05, 4.69) is 16.9 Å². The lowest BCUT2D eigenvalue weighted by Crippen LogP contribution is -2.44. The van der Waals surface area contributed by atoms with Gasteiger partial charge >= 0.3 is 5.97 Å². The molecule has 0 aliphatic heterocycles. The van der Waals surface area contributed by atoms with Gasteiger partial charge in [0, 0.05) is 24.4 Å². The van der Waals surface area contributed by atoms with Crippen LogP contribution in [0, 0.1) is 0 Å². The van der Waals surface area contributed by atoms with Gasteiger partial charge in [-0.2, -0.15) is 0 Å². The van der Waals surface area contributed by atoms with Crippen molar-refractivity contribution in [1.29, 1.82) is 0 Å². The van der Waals surface area contributed by atoms with Crippen molar-refractivity contribution in [2.45, 2.75) is 32.4 Å². The van der Waals surface area contributed by atoms with Gasteiger partial charge in [0.2, 0.25) is 0 Å². The number of hydrogen-bond acceptors (Lipinski definition) is 4. The molecule has 1 heterocycles. The molecule has 5 nitrogen and oxygen atoms in total. The Balaban J connectivity index is 2.13. The number of ether oxygens (including phenoxy) is 1. The zero-order valence-electron chi connectivity index (χ0n) is 14.4. The predicted octanol–water partition coefficient (Wildman–Crippen LogP) is 2.77. The number of benzene rings is 1. The van der Waals surface area contributed by atoms with E-state index >= 15 is 0 Å². The van der Waals surface area contributed by atoms with Gasteiger partial charge in [-0.25, -0.2) is 4.79 Å². The van der Waals surface area contributed by atoms with E-state index in [4.69, 9.17) is 4.74 Å². The standard InChI is InChI=1S/C20H22N2O3/c1-14(2)25-20(24)18(13-16-9-11-21-12-10-16)22-19(23)15(3)17-7-5-4-6-8-17/h4-12,14,18H,3,13H2,1-2H3,(H,22,23). The molecule has 0 fully saturated rings. The summed E-state index contributed by atoms with van der Waals surface area (Å²) < 4.78 is 5.27. The summed E-state index contributed by atoms with van der Waals surface area (Å²) in [4.78, 5) is 28.8. The number of carbonyl (C=O) groups is 2. The minimum Gasteiger partial charge on any atom is -0.461 e. The van der Waals surface area contributed by atoms with Crippen LogP contribution in [0.3, 0.4) is 0 Å². The number of aromatic nitrogens is 1. The van der Waals surface area contributed by atoms with Crippen LogP contribution in [0.5, 0.6) is 0 Å². The van der Waals surface area contributed by atoms with E-state index in [1.807, 2.05) is 18.2 Å². The number of pyridine rings is 1. The predicted molar refractivity (Wildman–Crippen MR) is 96.6 cm³/mol. The Bertz CT molecular complexity index is 727. The molecule has 0 bridgehead atoms. The van der Waals surface area contributed by atoms with Crippen molar-refractivity contribution < 1.29 is 14.3 Å². The highest BCUT2D eigenvalue weighted by atomic mass is 16.5. The highest BCUT2D eigenvalue weighted by Gasteiger charge is 2.24. The van der Waals surface area contributed by atoms with Crippen LogP contribution >= 0.6 is 0 Å². The van der Waals surface area contributed by atoms with Crippen LogP contribution in [-0.4, -0.2) is 29.0 Å². The molecular formula is C20H22N2O3. The van der Waals surface area contributed by atoms with Crippen molar-refractivity contribution in [3.63, 3.8) is 0 Å². The van der Waals surface area contributed by atoms with Crippen molar-refractivity contribution in [3.8, 4) is 0 Å². The van der Waals surface area contributed by atoms with Crippen molar-refractivity contribution >= 4 is 17.4 Å². The summed E-state index contributed by atoms with van der Waals surface area (Å²) in [5.74, 6) is -0.869. The molecule has 0 radical (unpaired) electrons. The van der Waals surface area contributed by atoms with Crippen molar-refractivity contribution in [2.75, 3.05) is 0 Å². The number of rotatable bonds is 7. The van der Waals surface area contributed by atoms with E-state index in [0.717, 1.165) is 5.56 Å². The lowest BCUT2D eigenvalue weighted by Gasteiger charge is -2.20. The second-order valence-electron chi connectivity index (χ2n) is 5.92. The Morgan fingerprint density at radius 1 is 1.12 bits per heavy atom. The fourth-order valence-corrected chi connectivity index (χ4v) is 2.28. The molecule has 1 unspecified atom stereocenters. The maximum absolute atomic E-state index is 12.5. The summed E-state index contributed by atoms with van der Waals surface area (Å²) in [5, 5.41) is 2.74. The molecule has 130 valence electrons. The minimum atomic E-state index is -0.794. The molecule has 1 aromatic heterocycles. The summed E-state index contributed by atoms with van der Waals surface area (Å²) >= 11 is 0. The summed E-state index contributed by atoms with van der Waals surface area (Å²) in [6.07, 6.45) is 3.35. The van der Waals surface area contributed by atoms with Gasteiger partial charge in [0.25, 0.3) is 5.91 Å². The quantitative estimate of drug-likeness (QED) is 0.623. The Kier molecular flexibility index (Phi) is 6.46. The largest absolute Gasteiger partial charge is 0.461 e. The van der Waals surface area contributed by atoms with Crippen LogP contribution in [0.2, 0.25) is 0 Å². The molecule has 1 amide bonds. The first-order valence-electron chi connectivity index (χ1n) is 8.12. The summed E-state index contributed by atoms with van der Waals surface area (Å²) in [5.41, 5.74) is 1.89. The van der Waals surface area contributed by atoms with E-state index in [1.165, 1.54) is 0 Å². The molecule has 2 aromatic rings. The topological polar surface area (TPSA) is 68.3 Å². The number of nitrogens with one attached hydrogen (secondary N) is 1. The average molecular weight is 338 g/mol. The second-order valence-corrected chi connectivity index (χ2v) is 5.92. The fourth-order valence-electron chi connectivity index (χ4n) is 2.28. The smallest absolute Gasteiger partial charge is 0.329 e. The van der Waals surface area contributed by atoms with Crippen molar-refractivity contribution in [2.24, 2.45) is 0 Å². The van der Waals surface area contributed by atoms with Gasteiger partial charge in [-0.15, -0.1) is 0 Å². The van der Waals surface area contributed by atoms with Gasteiger partial charge in [0.1, 0.15) is 6.04 Å². The highest BCUT2D eigenvalue weighted by molar-refractivity contribution is 6.19. The summed E-state index contributed by atoms with van der Waals surface area (Å²) in [6, 6.07) is 11.9. The molecular weight excluding hydrogens is 316 g/mol. The van der Waals surface area contributed by atoms with Gasteiger partial charge in [-0.1, -0.05) is 36.9 Å². The third-order valence-electron chi connectivity index (χ3n) is 3.53. The molecule has 0 saturated heterocycles. The SMILES string of the molecule is C=C(C(=O)NC(Cc1ccncc1)C(=O)OC(C)C)c1ccccc1. The molecule has 0 aliphatic rings. The van der Waals surface area contributed by atoms with Gasteiger partial charge in [0.05, 0.1) is 6.10 Å². The molecule has 1 aromatic carbocycles. The number of amides is 1.